The van der Waals surface area contributed by atoms with Crippen LogP contribution in [-0.2, 0) is 6.42 Å². The number of ether oxygens (including phenoxy) is 1. The van der Waals surface area contributed by atoms with Crippen molar-refractivity contribution in [2.75, 3.05) is 13.0 Å². The number of halogens is 1. The normalized spacial score (nSPS) is 13.4. The number of benzene rings is 2. The van der Waals surface area contributed by atoms with E-state index in [-0.39, 0.29) is 5.91 Å². The SMILES string of the molecule is COc1ccc(C[C@@H](NC(=O)c2ccccc2)[C@@H](O)/C=C/CCl)cc1. The van der Waals surface area contributed by atoms with Gasteiger partial charge in [-0.3, -0.25) is 4.79 Å². The number of nitrogens with one attached hydrogen (secondary N) is 1. The second kappa shape index (κ2) is 9.87. The van der Waals surface area contributed by atoms with E-state index in [2.05, 4.69) is 5.32 Å². The molecule has 0 aliphatic rings. The Morgan fingerprint density at radius 2 is 1.88 bits per heavy atom. The number of hydrogen-bond donors (Lipinski definition) is 2. The van der Waals surface area contributed by atoms with E-state index in [1.165, 1.54) is 0 Å². The molecule has 0 fully saturated rings. The minimum atomic E-state index is -0.839. The molecule has 0 aliphatic carbocycles. The van der Waals surface area contributed by atoms with Crippen molar-refractivity contribution in [1.29, 1.82) is 0 Å². The third-order valence-electron chi connectivity index (χ3n) is 3.80. The molecule has 2 aromatic carbocycles. The Morgan fingerprint density at radius 3 is 2.48 bits per heavy atom. The highest BCUT2D eigenvalue weighted by molar-refractivity contribution is 6.18. The summed E-state index contributed by atoms with van der Waals surface area (Å²) in [5.74, 6) is 0.840. The lowest BCUT2D eigenvalue weighted by Crippen LogP contribution is -2.44. The number of hydrogen-bond acceptors (Lipinski definition) is 3. The maximum atomic E-state index is 12.4. The van der Waals surface area contributed by atoms with Gasteiger partial charge in [0.25, 0.3) is 5.91 Å². The summed E-state index contributed by atoms with van der Waals surface area (Å²) in [6, 6.07) is 16.0. The Bertz CT molecular complexity index is 686. The molecule has 4 nitrogen and oxygen atoms in total. The van der Waals surface area contributed by atoms with Crippen LogP contribution >= 0.6 is 11.6 Å². The van der Waals surface area contributed by atoms with Gasteiger partial charge in [-0.2, -0.15) is 0 Å². The molecule has 2 rings (SSSR count). The molecule has 2 aromatic rings. The molecular weight excluding hydrogens is 338 g/mol. The Hall–Kier alpha value is -2.30. The van der Waals surface area contributed by atoms with E-state index >= 15 is 0 Å². The smallest absolute Gasteiger partial charge is 0.251 e. The van der Waals surface area contributed by atoms with Crippen LogP contribution in [0.5, 0.6) is 5.75 Å². The average molecular weight is 360 g/mol. The highest BCUT2D eigenvalue weighted by Crippen LogP contribution is 2.14. The Balaban J connectivity index is 2.14. The first-order valence-corrected chi connectivity index (χ1v) is 8.57. The van der Waals surface area contributed by atoms with Gasteiger partial charge in [-0.05, 0) is 36.2 Å². The lowest BCUT2D eigenvalue weighted by atomic mass is 10.00. The summed E-state index contributed by atoms with van der Waals surface area (Å²) in [7, 11) is 1.61. The standard InChI is InChI=1S/C20H22ClNO3/c1-25-17-11-9-15(10-12-17)14-18(19(23)8-5-13-21)22-20(24)16-6-3-2-4-7-16/h2-12,18-19,23H,13-14H2,1H3,(H,22,24)/b8-5+/t18-,19+/m1/s1. The maximum absolute atomic E-state index is 12.4. The van der Waals surface area contributed by atoms with Crippen molar-refractivity contribution in [3.8, 4) is 5.75 Å². The lowest BCUT2D eigenvalue weighted by molar-refractivity contribution is 0.0884. The Kier molecular flexibility index (Phi) is 7.51. The molecule has 2 atom stereocenters. The second-order valence-electron chi connectivity index (χ2n) is 5.57. The fourth-order valence-corrected chi connectivity index (χ4v) is 2.54. The van der Waals surface area contributed by atoms with Gasteiger partial charge in [0.15, 0.2) is 0 Å². The van der Waals surface area contributed by atoms with Crippen molar-refractivity contribution in [3.63, 3.8) is 0 Å². The van der Waals surface area contributed by atoms with Crippen LogP contribution in [0.4, 0.5) is 0 Å². The van der Waals surface area contributed by atoms with E-state index < -0.39 is 12.1 Å². The van der Waals surface area contributed by atoms with E-state index in [0.29, 0.717) is 17.9 Å². The molecule has 25 heavy (non-hydrogen) atoms. The largest absolute Gasteiger partial charge is 0.497 e. The topological polar surface area (TPSA) is 58.6 Å². The zero-order chi connectivity index (χ0) is 18.1. The molecule has 0 spiro atoms. The first-order chi connectivity index (χ1) is 12.1. The molecule has 0 unspecified atom stereocenters. The van der Waals surface area contributed by atoms with Crippen molar-refractivity contribution in [2.45, 2.75) is 18.6 Å². The van der Waals surface area contributed by atoms with Gasteiger partial charge in [0.1, 0.15) is 5.75 Å². The van der Waals surface area contributed by atoms with E-state index in [1.54, 1.807) is 43.5 Å². The number of aliphatic hydroxyl groups excluding tert-OH is 1. The van der Waals surface area contributed by atoms with E-state index in [0.717, 1.165) is 11.3 Å². The number of methoxy groups -OCH3 is 1. The number of carbonyl (C=O) groups excluding carboxylic acids is 1. The lowest BCUT2D eigenvalue weighted by Gasteiger charge is -2.22. The van der Waals surface area contributed by atoms with Crippen LogP contribution in [0.2, 0.25) is 0 Å². The van der Waals surface area contributed by atoms with Gasteiger partial charge in [-0.25, -0.2) is 0 Å². The highest BCUT2D eigenvalue weighted by Gasteiger charge is 2.20. The zero-order valence-corrected chi connectivity index (χ0v) is 14.8. The van der Waals surface area contributed by atoms with Crippen LogP contribution in [0.1, 0.15) is 15.9 Å². The van der Waals surface area contributed by atoms with Crippen molar-refractivity contribution >= 4 is 17.5 Å². The van der Waals surface area contributed by atoms with Gasteiger partial charge in [0.2, 0.25) is 0 Å². The molecule has 0 aromatic heterocycles. The maximum Gasteiger partial charge on any atom is 0.251 e. The molecule has 132 valence electrons. The van der Waals surface area contributed by atoms with Crippen molar-refractivity contribution in [1.82, 2.24) is 5.32 Å². The van der Waals surface area contributed by atoms with Gasteiger partial charge >= 0.3 is 0 Å². The predicted octanol–water partition coefficient (Wildman–Crippen LogP) is 3.19. The van der Waals surface area contributed by atoms with Crippen LogP contribution in [0.3, 0.4) is 0 Å². The van der Waals surface area contributed by atoms with Crippen LogP contribution < -0.4 is 10.1 Å². The molecular formula is C20H22ClNO3. The fourth-order valence-electron chi connectivity index (χ4n) is 2.44. The van der Waals surface area contributed by atoms with Gasteiger partial charge < -0.3 is 15.2 Å². The number of carbonyl (C=O) groups is 1. The minimum absolute atomic E-state index is 0.225. The average Bonchev–Trinajstić information content (AvgIpc) is 2.66. The second-order valence-corrected chi connectivity index (χ2v) is 5.88. The Morgan fingerprint density at radius 1 is 1.20 bits per heavy atom. The molecule has 0 saturated carbocycles. The third-order valence-corrected chi connectivity index (χ3v) is 3.98. The van der Waals surface area contributed by atoms with Crippen LogP contribution in [0.25, 0.3) is 0 Å². The minimum Gasteiger partial charge on any atom is -0.497 e. The van der Waals surface area contributed by atoms with Gasteiger partial charge in [0, 0.05) is 11.4 Å². The van der Waals surface area contributed by atoms with Gasteiger partial charge in [-0.15, -0.1) is 11.6 Å². The molecule has 0 bridgehead atoms. The zero-order valence-electron chi connectivity index (χ0n) is 14.1. The molecule has 2 N–H and O–H groups in total. The first kappa shape index (κ1) is 19.0. The molecule has 5 heteroatoms. The van der Waals surface area contributed by atoms with Gasteiger partial charge in [0.05, 0.1) is 19.3 Å². The van der Waals surface area contributed by atoms with Crippen molar-refractivity contribution in [3.05, 3.63) is 77.9 Å². The summed E-state index contributed by atoms with van der Waals surface area (Å²) in [5.41, 5.74) is 1.54. The van der Waals surface area contributed by atoms with Crippen LogP contribution in [0.15, 0.2) is 66.7 Å². The third kappa shape index (κ3) is 5.93. The number of aliphatic hydroxyl groups is 1. The van der Waals surface area contributed by atoms with Crippen molar-refractivity contribution in [2.24, 2.45) is 0 Å². The number of alkyl halides is 1. The van der Waals surface area contributed by atoms with E-state index in [4.69, 9.17) is 16.3 Å². The van der Waals surface area contributed by atoms with Crippen LogP contribution in [-0.4, -0.2) is 36.1 Å². The summed E-state index contributed by atoms with van der Waals surface area (Å²) in [5, 5.41) is 13.3. The Labute approximate surface area is 153 Å². The summed E-state index contributed by atoms with van der Waals surface area (Å²) < 4.78 is 5.15. The van der Waals surface area contributed by atoms with Crippen LogP contribution in [0, 0.1) is 0 Å². The number of rotatable bonds is 8. The predicted molar refractivity (Wildman–Crippen MR) is 100 cm³/mol. The van der Waals surface area contributed by atoms with Crippen molar-refractivity contribution < 1.29 is 14.6 Å². The van der Waals surface area contributed by atoms with Gasteiger partial charge in [-0.1, -0.05) is 42.5 Å². The highest BCUT2D eigenvalue weighted by atomic mass is 35.5. The van der Waals surface area contributed by atoms with E-state index in [9.17, 15) is 9.90 Å². The summed E-state index contributed by atoms with van der Waals surface area (Å²) in [6.07, 6.45) is 2.92. The molecule has 0 saturated heterocycles. The number of allylic oxidation sites excluding steroid dienone is 1. The summed E-state index contributed by atoms with van der Waals surface area (Å²) >= 11 is 5.65. The first-order valence-electron chi connectivity index (χ1n) is 8.03. The molecule has 0 aliphatic heterocycles. The molecule has 0 heterocycles. The molecule has 1 amide bonds. The number of amides is 1. The summed E-state index contributed by atoms with van der Waals surface area (Å²) in [4.78, 5) is 12.4. The van der Waals surface area contributed by atoms with E-state index in [1.807, 2.05) is 30.3 Å². The monoisotopic (exact) mass is 359 g/mol. The molecule has 0 radical (unpaired) electrons. The summed E-state index contributed by atoms with van der Waals surface area (Å²) in [6.45, 7) is 0. The quantitative estimate of drug-likeness (QED) is 0.562. The fraction of sp³-hybridized carbons (Fsp3) is 0.250.